The maximum Gasteiger partial charge on any atom is 0.492 e. The summed E-state index contributed by atoms with van der Waals surface area (Å²) in [6.07, 6.45) is 18.6. The second-order valence-corrected chi connectivity index (χ2v) is 50.6. The van der Waals surface area contributed by atoms with Crippen LogP contribution in [-0.2, 0) is 18.8 Å². The molecule has 15 aromatic heterocycles. The molecule has 1 unspecified atom stereocenters. The van der Waals surface area contributed by atoms with E-state index in [0.717, 1.165) is 170 Å². The van der Waals surface area contributed by atoms with Crippen molar-refractivity contribution < 1.29 is 33.5 Å². The lowest BCUT2D eigenvalue weighted by atomic mass is 9.79. The third kappa shape index (κ3) is 24.3. The first-order valence-corrected chi connectivity index (χ1v) is 57.7. The summed E-state index contributed by atoms with van der Waals surface area (Å²) < 4.78 is 30.2. The Morgan fingerprint density at radius 1 is 0.419 bits per heavy atom. The standard InChI is InChI=1S/C23H22N4O2S2.C19H18N4S2.C19H16N4S2.C18H14N4S2.C15H26BNO4.C14H8IN3S2.CH4O/c1-23(2,3)29-22(28)27-9-7-14(12-27)20-11-16-17(6-8-24-21(16)31-20)26-15-4-5-19-18(10-15)25-13-30-19;2*1-23-7-5-12(10-23)18-9-14-15(4-6-20-19(14)25-18)22-13-2-3-17-16(8-13)21-11-24-17;1-2-16-15(21-10-23-16)7-12(1)22-14-4-6-20-18-13(14)8-17(24-18)11-3-5-19-9-11;1-13(2,3)19-12(18)17-9-8-11(10-17)16-20-14(4,5)15(6,7)21-16;15-13-6-9-10(3-4-16-14(9)20-13)18-8-1-2-12-11(5-8)17-7-19-12;1-2/h4-8,10-11,13H,9,12H2,1-3H3,(H,24,26);2-4,6,8-9,11-12H,5,7,10H2,1H3,(H,20,22);2-6,8-9,11H,7,10H2,1H3,(H,20,22);1-4,6-8,10,19H,5,9H2,(H,20,22);8H,9-10H2,1-7H3;1-7H,(H,16,18);2H,1H3. The Morgan fingerprint density at radius 2 is 0.770 bits per heavy atom. The molecule has 6 aliphatic rings. The highest BCUT2D eigenvalue weighted by Gasteiger charge is 2.53. The zero-order valence-corrected chi connectivity index (χ0v) is 93.9. The molecule has 0 saturated carbocycles. The topological polar surface area (TPSA) is 305 Å². The lowest BCUT2D eigenvalue weighted by molar-refractivity contribution is 0.00578. The number of aromatic nitrogens is 10. The van der Waals surface area contributed by atoms with Gasteiger partial charge in [-0.05, 0) is 293 Å². The number of likely N-dealkylation sites (N-methyl/N-ethyl adjacent to an activating group) is 2. The zero-order chi connectivity index (χ0) is 103. The van der Waals surface area contributed by atoms with Gasteiger partial charge < -0.3 is 70.5 Å². The van der Waals surface area contributed by atoms with Gasteiger partial charge in [-0.3, -0.25) is 4.90 Å². The van der Waals surface area contributed by atoms with Crippen molar-refractivity contribution in [3.05, 3.63) is 262 Å². The monoisotopic (exact) mass is 2270 g/mol. The van der Waals surface area contributed by atoms with Crippen LogP contribution in [0.15, 0.2) is 240 Å². The largest absolute Gasteiger partial charge is 0.492 e. The highest BCUT2D eigenvalue weighted by molar-refractivity contribution is 14.1. The Hall–Kier alpha value is -11.8. The van der Waals surface area contributed by atoms with Gasteiger partial charge in [-0.1, -0.05) is 24.3 Å². The summed E-state index contributed by atoms with van der Waals surface area (Å²) in [7, 11) is 4.96. The number of amides is 2. The van der Waals surface area contributed by atoms with Crippen molar-refractivity contribution in [2.24, 2.45) is 0 Å². The van der Waals surface area contributed by atoms with Crippen LogP contribution in [0.3, 0.4) is 0 Å². The van der Waals surface area contributed by atoms with Crippen molar-refractivity contribution in [1.82, 2.24) is 74.8 Å². The molecule has 2 fully saturated rings. The van der Waals surface area contributed by atoms with Crippen LogP contribution < -0.4 is 31.9 Å². The van der Waals surface area contributed by atoms with Gasteiger partial charge in [0.1, 0.15) is 35.4 Å². The quantitative estimate of drug-likeness (QED) is 0.0370. The number of fused-ring (bicyclic) bond motifs is 10. The summed E-state index contributed by atoms with van der Waals surface area (Å²) in [6, 6.07) is 52.8. The number of aliphatic hydroxyl groups excluding tert-OH is 1. The van der Waals surface area contributed by atoms with Crippen molar-refractivity contribution in [1.29, 1.82) is 0 Å². The number of benzene rings is 5. The van der Waals surface area contributed by atoms with Crippen LogP contribution in [0.4, 0.5) is 66.5 Å². The van der Waals surface area contributed by atoms with Crippen LogP contribution in [0.1, 0.15) is 101 Å². The molecule has 21 heterocycles. The number of thiophene rings is 5. The van der Waals surface area contributed by atoms with E-state index in [1.54, 1.807) is 112 Å². The average molecular weight is 2270 g/mol. The van der Waals surface area contributed by atoms with Gasteiger partial charge in [-0.15, -0.1) is 113 Å². The highest BCUT2D eigenvalue weighted by Crippen LogP contribution is 2.46. The van der Waals surface area contributed by atoms with E-state index in [2.05, 4.69) is 274 Å². The lowest BCUT2D eigenvalue weighted by Gasteiger charge is -2.32. The third-order valence-electron chi connectivity index (χ3n) is 25.6. The Bertz CT molecular complexity index is 8390. The molecular formula is C109H108BIN20O7S10. The summed E-state index contributed by atoms with van der Waals surface area (Å²) in [5, 5.41) is 33.8. The maximum absolute atomic E-state index is 12.4. The molecule has 26 rings (SSSR count). The third-order valence-corrected chi connectivity index (χ3v) is 36.0. The number of likely N-dealkylation sites (tertiary alicyclic amines) is 1. The van der Waals surface area contributed by atoms with Gasteiger partial charge in [0.15, 0.2) is 0 Å². The van der Waals surface area contributed by atoms with E-state index in [4.69, 9.17) is 23.9 Å². The van der Waals surface area contributed by atoms with E-state index in [-0.39, 0.29) is 30.5 Å². The van der Waals surface area contributed by atoms with Gasteiger partial charge in [0, 0.05) is 171 Å². The molecule has 1 atom stereocenters. The molecule has 0 bridgehead atoms. The first-order chi connectivity index (χ1) is 71.4. The number of rotatable bonds is 15. The Balaban J connectivity index is 0.000000108. The van der Waals surface area contributed by atoms with Crippen LogP contribution >= 0.6 is 136 Å². The molecule has 2 amide bonds. The van der Waals surface area contributed by atoms with E-state index < -0.39 is 11.2 Å². The predicted octanol–water partition coefficient (Wildman–Crippen LogP) is 28.6. The van der Waals surface area contributed by atoms with Gasteiger partial charge in [0.05, 0.1) is 128 Å². The molecule has 7 N–H and O–H groups in total. The van der Waals surface area contributed by atoms with E-state index in [1.165, 1.54) is 86.7 Å². The number of nitrogens with zero attached hydrogens (tertiary/aromatic N) is 14. The van der Waals surface area contributed by atoms with Crippen molar-refractivity contribution in [3.63, 3.8) is 0 Å². The van der Waals surface area contributed by atoms with Gasteiger partial charge >= 0.3 is 19.3 Å². The van der Waals surface area contributed by atoms with Gasteiger partial charge in [-0.25, -0.2) is 59.4 Å². The van der Waals surface area contributed by atoms with Crippen LogP contribution in [0.25, 0.3) is 119 Å². The molecule has 0 radical (unpaired) electrons. The fourth-order valence-corrected chi connectivity index (χ4v) is 26.8. The number of thiazole rings is 5. The lowest BCUT2D eigenvalue weighted by Crippen LogP contribution is -2.41. The van der Waals surface area contributed by atoms with Crippen LogP contribution in [0.2, 0.25) is 0 Å². The SMILES string of the molecule is C1=C(c2cc3c(Nc4ccc5scnc5c4)ccnc3s2)CNC1.CC(C)(C)OC(=O)N1CC=C(B2OC(C)(C)C(C)(C)O2)C1.CC(C)(C)OC(=O)N1CC=C(c2cc3c(Nc4ccc5scnc5c4)ccnc3s2)C1.CN1CC=C(c2cc3c(Nc4ccc5scnc5c4)ccnc3s2)C1.CN1CCC(c2cc3c(Nc4ccc5scnc5c4)ccnc3s2)C1.CO.Ic1cc2c(Nc3ccc4scnc4c3)ccnc2s1. The summed E-state index contributed by atoms with van der Waals surface area (Å²) in [5.74, 6) is 0.642. The van der Waals surface area contributed by atoms with Crippen LogP contribution in [0.5, 0.6) is 0 Å². The molecule has 148 heavy (non-hydrogen) atoms. The summed E-state index contributed by atoms with van der Waals surface area (Å²) in [4.78, 5) is 87.7. The van der Waals surface area contributed by atoms with Crippen LogP contribution in [-0.4, -0.2) is 203 Å². The second-order valence-electron chi connectivity index (χ2n) is 39.1. The molecule has 27 nitrogen and oxygen atoms in total. The minimum atomic E-state index is -0.497. The zero-order valence-electron chi connectivity index (χ0n) is 83.6. The van der Waals surface area contributed by atoms with E-state index >= 15 is 0 Å². The molecule has 0 aliphatic carbocycles. The number of nitrogens with one attached hydrogen (secondary N) is 6. The first kappa shape index (κ1) is 103. The maximum atomic E-state index is 12.4. The van der Waals surface area contributed by atoms with Crippen LogP contribution in [0, 0.1) is 2.88 Å². The van der Waals surface area contributed by atoms with Gasteiger partial charge in [0.2, 0.25) is 0 Å². The summed E-state index contributed by atoms with van der Waals surface area (Å²) >= 11 is 19.3. The minimum Gasteiger partial charge on any atom is -0.444 e. The number of halogens is 1. The van der Waals surface area contributed by atoms with Gasteiger partial charge in [-0.2, -0.15) is 0 Å². The number of pyridine rings is 5. The van der Waals surface area contributed by atoms with E-state index in [0.29, 0.717) is 32.1 Å². The molecule has 39 heteroatoms. The fourth-order valence-electron chi connectivity index (χ4n) is 17.5. The molecule has 756 valence electrons. The minimum absolute atomic E-state index is 0.280. The summed E-state index contributed by atoms with van der Waals surface area (Å²) in [6.45, 7) is 27.7. The Morgan fingerprint density at radius 3 is 1.14 bits per heavy atom. The van der Waals surface area contributed by atoms with E-state index in [9.17, 15) is 9.59 Å². The first-order valence-electron chi connectivity index (χ1n) is 48.2. The predicted molar refractivity (Wildman–Crippen MR) is 632 cm³/mol. The van der Waals surface area contributed by atoms with Crippen molar-refractivity contribution in [2.45, 2.75) is 104 Å². The van der Waals surface area contributed by atoms with Crippen molar-refractivity contribution in [3.8, 4) is 0 Å². The molecule has 6 aliphatic heterocycles. The number of aliphatic hydroxyl groups is 1. The molecule has 20 aromatic rings. The van der Waals surface area contributed by atoms with E-state index in [1.807, 2.05) is 169 Å². The smallest absolute Gasteiger partial charge is 0.444 e. The second kappa shape index (κ2) is 44.7. The number of ether oxygens (including phenoxy) is 2. The molecule has 2 saturated heterocycles. The Labute approximate surface area is 910 Å². The van der Waals surface area contributed by atoms with Crippen molar-refractivity contribution >= 4 is 331 Å². The fraction of sp³-hybridized carbons (Fsp3) is 0.266. The summed E-state index contributed by atoms with van der Waals surface area (Å²) in [5.41, 5.74) is 28.3. The molecular weight excluding hydrogens is 2160 g/mol. The number of hydrogen-bond acceptors (Lipinski definition) is 35. The van der Waals surface area contributed by atoms with Crippen molar-refractivity contribution in [2.75, 3.05) is 113 Å². The van der Waals surface area contributed by atoms with Gasteiger partial charge in [0.25, 0.3) is 0 Å². The molecule has 5 aromatic carbocycles. The molecule has 0 spiro atoms. The number of carbonyl (C=O) groups is 2. The number of hydrogen-bond donors (Lipinski definition) is 7. The normalized spacial score (nSPS) is 16.0. The highest BCUT2D eigenvalue weighted by atomic mass is 127. The Kier molecular flexibility index (Phi) is 31.2. The number of anilines is 10. The number of carbonyl (C=O) groups excluding carboxylic acids is 2. The average Bonchev–Trinajstić information content (AvgIpc) is 1.61.